The Hall–Kier alpha value is -1.16. The molecule has 0 bridgehead atoms. The average Bonchev–Trinajstić information content (AvgIpc) is 2.50. The van der Waals surface area contributed by atoms with Crippen molar-refractivity contribution in [3.05, 3.63) is 18.5 Å². The molecule has 1 aromatic carbocycles. The highest BCUT2D eigenvalue weighted by Crippen LogP contribution is 2.26. The van der Waals surface area contributed by atoms with Gasteiger partial charge in [-0.15, -0.1) is 11.8 Å². The van der Waals surface area contributed by atoms with Crippen molar-refractivity contribution >= 4 is 28.5 Å². The smallest absolute Gasteiger partial charge is 0.102 e. The number of thioether (sulfide) groups is 1. The van der Waals surface area contributed by atoms with Crippen molar-refractivity contribution < 1.29 is 0 Å². The number of aromatic nitrogens is 2. The fraction of sp³-hybridized carbons (Fsp3) is 0.125. The predicted molar refractivity (Wildman–Crippen MR) is 52.3 cm³/mol. The van der Waals surface area contributed by atoms with Crippen LogP contribution in [0.5, 0.6) is 0 Å². The number of imidazole rings is 1. The summed E-state index contributed by atoms with van der Waals surface area (Å²) < 4.78 is 0. The lowest BCUT2D eigenvalue weighted by Crippen LogP contribution is -1.85. The minimum Gasteiger partial charge on any atom is -0.399 e. The van der Waals surface area contributed by atoms with E-state index in [4.69, 9.17) is 5.73 Å². The van der Waals surface area contributed by atoms with Crippen LogP contribution in [0, 0.1) is 0 Å². The summed E-state index contributed by atoms with van der Waals surface area (Å²) in [5, 5.41) is 0. The molecule has 0 radical (unpaired) electrons. The molecule has 0 aliphatic rings. The van der Waals surface area contributed by atoms with Crippen molar-refractivity contribution in [1.29, 1.82) is 0 Å². The zero-order chi connectivity index (χ0) is 8.55. The van der Waals surface area contributed by atoms with Crippen LogP contribution in [0.3, 0.4) is 0 Å². The standard InChI is InChI=1S/C8H9N3S/c1-12-7-3-5(9)2-6-8(7)11-4-10-6/h2-4H,9H2,1H3,(H,10,11). The van der Waals surface area contributed by atoms with Crippen LogP contribution >= 0.6 is 11.8 Å². The molecular weight excluding hydrogens is 170 g/mol. The Balaban J connectivity index is 2.80. The summed E-state index contributed by atoms with van der Waals surface area (Å²) in [6.07, 6.45) is 3.70. The number of anilines is 1. The molecule has 0 saturated heterocycles. The topological polar surface area (TPSA) is 54.7 Å². The second-order valence-electron chi connectivity index (χ2n) is 2.52. The van der Waals surface area contributed by atoms with E-state index < -0.39 is 0 Å². The van der Waals surface area contributed by atoms with Crippen LogP contribution in [0.1, 0.15) is 0 Å². The Bertz CT molecular complexity index is 408. The van der Waals surface area contributed by atoms with Gasteiger partial charge in [-0.2, -0.15) is 0 Å². The lowest BCUT2D eigenvalue weighted by molar-refractivity contribution is 1.33. The minimum atomic E-state index is 0.774. The van der Waals surface area contributed by atoms with Gasteiger partial charge in [-0.3, -0.25) is 0 Å². The van der Waals surface area contributed by atoms with Crippen molar-refractivity contribution in [1.82, 2.24) is 9.97 Å². The van der Waals surface area contributed by atoms with Gasteiger partial charge in [-0.25, -0.2) is 4.98 Å². The maximum absolute atomic E-state index is 5.70. The first-order valence-electron chi connectivity index (χ1n) is 3.58. The van der Waals surface area contributed by atoms with Gasteiger partial charge in [0.2, 0.25) is 0 Å². The molecule has 0 atom stereocenters. The van der Waals surface area contributed by atoms with Crippen LogP contribution in [0.25, 0.3) is 11.0 Å². The number of hydrogen-bond acceptors (Lipinski definition) is 3. The predicted octanol–water partition coefficient (Wildman–Crippen LogP) is 1.87. The van der Waals surface area contributed by atoms with Crippen molar-refractivity contribution in [2.75, 3.05) is 12.0 Å². The lowest BCUT2D eigenvalue weighted by Gasteiger charge is -1.99. The van der Waals surface area contributed by atoms with E-state index in [9.17, 15) is 0 Å². The van der Waals surface area contributed by atoms with E-state index in [1.807, 2.05) is 18.4 Å². The number of benzene rings is 1. The number of rotatable bonds is 1. The summed E-state index contributed by atoms with van der Waals surface area (Å²) in [6.45, 7) is 0. The van der Waals surface area contributed by atoms with Crippen LogP contribution in [-0.2, 0) is 0 Å². The van der Waals surface area contributed by atoms with E-state index in [0.29, 0.717) is 0 Å². The number of nitrogens with zero attached hydrogens (tertiary/aromatic N) is 1. The summed E-state index contributed by atoms with van der Waals surface area (Å²) in [5.74, 6) is 0. The summed E-state index contributed by atoms with van der Waals surface area (Å²) in [4.78, 5) is 8.35. The lowest BCUT2D eigenvalue weighted by atomic mass is 10.3. The van der Waals surface area contributed by atoms with Crippen LogP contribution in [0.4, 0.5) is 5.69 Å². The molecule has 3 nitrogen and oxygen atoms in total. The Labute approximate surface area is 74.4 Å². The second-order valence-corrected chi connectivity index (χ2v) is 3.37. The van der Waals surface area contributed by atoms with Gasteiger partial charge in [0.25, 0.3) is 0 Å². The molecule has 0 unspecified atom stereocenters. The van der Waals surface area contributed by atoms with E-state index in [1.54, 1.807) is 18.1 Å². The van der Waals surface area contributed by atoms with Gasteiger partial charge in [0.05, 0.1) is 11.8 Å². The summed E-state index contributed by atoms with van der Waals surface area (Å²) in [6, 6.07) is 3.83. The van der Waals surface area contributed by atoms with Crippen LogP contribution in [-0.4, -0.2) is 16.2 Å². The quantitative estimate of drug-likeness (QED) is 0.519. The summed E-state index contributed by atoms with van der Waals surface area (Å²) in [7, 11) is 0. The maximum Gasteiger partial charge on any atom is 0.102 e. The highest BCUT2D eigenvalue weighted by molar-refractivity contribution is 7.98. The Morgan fingerprint density at radius 2 is 2.33 bits per heavy atom. The monoisotopic (exact) mass is 179 g/mol. The van der Waals surface area contributed by atoms with E-state index in [-0.39, 0.29) is 0 Å². The fourth-order valence-electron chi connectivity index (χ4n) is 1.19. The third-order valence-electron chi connectivity index (χ3n) is 1.73. The third-order valence-corrected chi connectivity index (χ3v) is 2.48. The molecule has 2 aromatic rings. The molecule has 0 saturated carbocycles. The number of nitrogens with one attached hydrogen (secondary N) is 1. The number of fused-ring (bicyclic) bond motifs is 1. The first-order chi connectivity index (χ1) is 5.81. The number of hydrogen-bond donors (Lipinski definition) is 2. The minimum absolute atomic E-state index is 0.774. The molecule has 1 heterocycles. The Morgan fingerprint density at radius 1 is 1.50 bits per heavy atom. The number of nitrogens with two attached hydrogens (primary N) is 1. The molecule has 0 spiro atoms. The number of nitrogen functional groups attached to an aromatic ring is 1. The first-order valence-corrected chi connectivity index (χ1v) is 4.80. The first kappa shape index (κ1) is 7.49. The van der Waals surface area contributed by atoms with E-state index in [0.717, 1.165) is 21.6 Å². The SMILES string of the molecule is CSc1cc(N)cc2[nH]cnc12. The maximum atomic E-state index is 5.70. The highest BCUT2D eigenvalue weighted by Gasteiger charge is 2.02. The van der Waals surface area contributed by atoms with Crippen molar-refractivity contribution in [2.45, 2.75) is 4.90 Å². The number of H-pyrrole nitrogens is 1. The van der Waals surface area contributed by atoms with Crippen LogP contribution in [0.15, 0.2) is 23.4 Å². The van der Waals surface area contributed by atoms with Gasteiger partial charge in [0.15, 0.2) is 0 Å². The summed E-state index contributed by atoms with van der Waals surface area (Å²) in [5.41, 5.74) is 8.47. The average molecular weight is 179 g/mol. The zero-order valence-corrected chi connectivity index (χ0v) is 7.48. The van der Waals surface area contributed by atoms with Crippen molar-refractivity contribution in [3.63, 3.8) is 0 Å². The molecular formula is C8H9N3S. The Morgan fingerprint density at radius 3 is 3.08 bits per heavy atom. The molecule has 0 amide bonds. The van der Waals surface area contributed by atoms with Crippen LogP contribution in [0.2, 0.25) is 0 Å². The van der Waals surface area contributed by atoms with Gasteiger partial charge in [0.1, 0.15) is 5.52 Å². The molecule has 4 heteroatoms. The van der Waals surface area contributed by atoms with Crippen molar-refractivity contribution in [3.8, 4) is 0 Å². The Kier molecular flexibility index (Phi) is 1.69. The largest absolute Gasteiger partial charge is 0.399 e. The molecule has 12 heavy (non-hydrogen) atoms. The van der Waals surface area contributed by atoms with E-state index in [1.165, 1.54) is 0 Å². The second kappa shape index (κ2) is 2.71. The summed E-state index contributed by atoms with van der Waals surface area (Å²) >= 11 is 1.65. The van der Waals surface area contributed by atoms with E-state index in [2.05, 4.69) is 9.97 Å². The van der Waals surface area contributed by atoms with Gasteiger partial charge in [-0.05, 0) is 18.4 Å². The molecule has 0 aliphatic heterocycles. The normalized spacial score (nSPS) is 10.8. The van der Waals surface area contributed by atoms with Gasteiger partial charge >= 0.3 is 0 Å². The molecule has 1 aromatic heterocycles. The van der Waals surface area contributed by atoms with E-state index >= 15 is 0 Å². The third kappa shape index (κ3) is 1.04. The molecule has 3 N–H and O–H groups in total. The van der Waals surface area contributed by atoms with Crippen molar-refractivity contribution in [2.24, 2.45) is 0 Å². The van der Waals surface area contributed by atoms with Gasteiger partial charge in [0, 0.05) is 10.6 Å². The molecule has 0 fully saturated rings. The molecule has 0 aliphatic carbocycles. The van der Waals surface area contributed by atoms with Crippen LogP contribution < -0.4 is 5.73 Å². The van der Waals surface area contributed by atoms with Gasteiger partial charge in [-0.1, -0.05) is 0 Å². The zero-order valence-electron chi connectivity index (χ0n) is 6.66. The fourth-order valence-corrected chi connectivity index (χ4v) is 1.80. The molecule has 2 rings (SSSR count). The van der Waals surface area contributed by atoms with Gasteiger partial charge < -0.3 is 10.7 Å². The number of aromatic amines is 1. The molecule has 62 valence electrons. The highest BCUT2D eigenvalue weighted by atomic mass is 32.2.